The Morgan fingerprint density at radius 1 is 1.10 bits per heavy atom. The van der Waals surface area contributed by atoms with Crippen molar-refractivity contribution in [2.45, 2.75) is 19.3 Å². The molecule has 2 aromatic rings. The van der Waals surface area contributed by atoms with Crippen LogP contribution < -0.4 is 22.5 Å². The van der Waals surface area contributed by atoms with E-state index in [-0.39, 0.29) is 34.0 Å². The van der Waals surface area contributed by atoms with Crippen LogP contribution in [0.3, 0.4) is 0 Å². The van der Waals surface area contributed by atoms with Crippen molar-refractivity contribution < 1.29 is 18.0 Å². The third-order valence-corrected chi connectivity index (χ3v) is 5.23. The Balaban J connectivity index is 1.81. The van der Waals surface area contributed by atoms with E-state index in [1.807, 2.05) is 0 Å². The van der Waals surface area contributed by atoms with Crippen LogP contribution in [0.1, 0.15) is 39.3 Å². The number of aliphatic imine (C=N–C) groups is 1. The van der Waals surface area contributed by atoms with Gasteiger partial charge in [-0.25, -0.2) is 18.4 Å². The Labute approximate surface area is 184 Å². The maximum absolute atomic E-state index is 12.1. The average Bonchev–Trinajstić information content (AvgIpc) is 2.69. The zero-order valence-corrected chi connectivity index (χ0v) is 18.2. The fourth-order valence-corrected chi connectivity index (χ4v) is 3.18. The quantitative estimate of drug-likeness (QED) is 0.255. The Hall–Kier alpha value is -3.25. The summed E-state index contributed by atoms with van der Waals surface area (Å²) in [6.45, 7) is 0.362. The highest BCUT2D eigenvalue weighted by Crippen LogP contribution is 2.17. The van der Waals surface area contributed by atoms with E-state index in [0.29, 0.717) is 19.4 Å². The number of hydrogen-bond acceptors (Lipinski definition) is 9. The Morgan fingerprint density at radius 2 is 1.74 bits per heavy atom. The molecule has 0 spiro atoms. The maximum atomic E-state index is 12.1. The maximum Gasteiger partial charge on any atom is 0.280 e. The second kappa shape index (κ2) is 10.2. The van der Waals surface area contributed by atoms with Gasteiger partial charge in [-0.1, -0.05) is 35.9 Å². The normalized spacial score (nSPS) is 11.9. The number of nitrogens with two attached hydrogens (primary N) is 3. The molecule has 0 saturated heterocycles. The van der Waals surface area contributed by atoms with Gasteiger partial charge >= 0.3 is 0 Å². The van der Waals surface area contributed by atoms with E-state index in [9.17, 15) is 18.0 Å². The summed E-state index contributed by atoms with van der Waals surface area (Å²) in [5.74, 6) is -1.09. The highest BCUT2D eigenvalue weighted by Gasteiger charge is 2.18. The highest BCUT2D eigenvalue weighted by atomic mass is 35.5. The van der Waals surface area contributed by atoms with Gasteiger partial charge in [0.1, 0.15) is 0 Å². The smallest absolute Gasteiger partial charge is 0.280 e. The van der Waals surface area contributed by atoms with Crippen LogP contribution in [-0.4, -0.2) is 48.2 Å². The summed E-state index contributed by atoms with van der Waals surface area (Å²) >= 11 is 5.74. The second-order valence-electron chi connectivity index (χ2n) is 6.57. The summed E-state index contributed by atoms with van der Waals surface area (Å²) in [6.07, 6.45) is 3.02. The molecular weight excluding hydrogens is 446 g/mol. The number of halogens is 1. The lowest BCUT2D eigenvalue weighted by Gasteiger charge is -2.07. The summed E-state index contributed by atoms with van der Waals surface area (Å²) in [5.41, 5.74) is 17.6. The van der Waals surface area contributed by atoms with Crippen LogP contribution in [-0.2, 0) is 16.3 Å². The van der Waals surface area contributed by atoms with Crippen molar-refractivity contribution in [1.82, 2.24) is 15.3 Å². The number of guanidine groups is 1. The van der Waals surface area contributed by atoms with Crippen molar-refractivity contribution in [2.75, 3.05) is 24.3 Å². The van der Waals surface area contributed by atoms with Crippen LogP contribution >= 0.6 is 11.6 Å². The molecule has 7 N–H and O–H groups in total. The number of nitrogens with zero attached hydrogens (tertiary/aromatic N) is 3. The van der Waals surface area contributed by atoms with Gasteiger partial charge in [0, 0.05) is 18.4 Å². The first-order valence-corrected chi connectivity index (χ1v) is 11.3. The van der Waals surface area contributed by atoms with Gasteiger partial charge < -0.3 is 17.2 Å². The van der Waals surface area contributed by atoms with Crippen LogP contribution in [0.15, 0.2) is 29.3 Å². The molecule has 166 valence electrons. The zero-order chi connectivity index (χ0) is 23.2. The van der Waals surface area contributed by atoms with Gasteiger partial charge in [0.05, 0.1) is 0 Å². The van der Waals surface area contributed by atoms with Crippen LogP contribution in [0, 0.1) is 0 Å². The molecule has 0 atom stereocenters. The number of unbranched alkanes of at least 4 members (excludes halogenated alkanes) is 1. The third kappa shape index (κ3) is 6.89. The van der Waals surface area contributed by atoms with Crippen LogP contribution in [0.2, 0.25) is 5.15 Å². The molecule has 0 fully saturated rings. The molecule has 0 saturated carbocycles. The fourth-order valence-electron chi connectivity index (χ4n) is 2.49. The van der Waals surface area contributed by atoms with Crippen molar-refractivity contribution in [2.24, 2.45) is 10.7 Å². The van der Waals surface area contributed by atoms with E-state index in [2.05, 4.69) is 20.3 Å². The lowest BCUT2D eigenvalue weighted by molar-refractivity contribution is 0.0972. The number of rotatable bonds is 7. The lowest BCUT2D eigenvalue weighted by atomic mass is 10.1. The van der Waals surface area contributed by atoms with Gasteiger partial charge in [-0.2, -0.15) is 0 Å². The van der Waals surface area contributed by atoms with Crippen molar-refractivity contribution in [3.63, 3.8) is 0 Å². The minimum Gasteiger partial charge on any atom is -0.382 e. The van der Waals surface area contributed by atoms with E-state index in [1.165, 1.54) is 12.1 Å². The van der Waals surface area contributed by atoms with E-state index in [0.717, 1.165) is 18.2 Å². The topological polar surface area (TPSA) is 197 Å². The number of hydrogen-bond donors (Lipinski definition) is 4. The van der Waals surface area contributed by atoms with E-state index < -0.39 is 20.9 Å². The summed E-state index contributed by atoms with van der Waals surface area (Å²) in [5, 5.41) is 1.29. The number of nitrogens with one attached hydrogen (secondary N) is 1. The van der Waals surface area contributed by atoms with E-state index >= 15 is 0 Å². The van der Waals surface area contributed by atoms with Crippen LogP contribution in [0.5, 0.6) is 0 Å². The van der Waals surface area contributed by atoms with Crippen LogP contribution in [0.4, 0.5) is 11.6 Å². The molecule has 31 heavy (non-hydrogen) atoms. The predicted molar refractivity (Wildman–Crippen MR) is 118 cm³/mol. The number of aromatic nitrogens is 2. The molecule has 1 heterocycles. The van der Waals surface area contributed by atoms with Crippen molar-refractivity contribution in [3.05, 3.63) is 46.2 Å². The average molecular weight is 468 g/mol. The minimum atomic E-state index is -3.76. The molecule has 2 rings (SSSR count). The molecule has 0 radical (unpaired) electrons. The summed E-state index contributed by atoms with van der Waals surface area (Å²) in [7, 11) is -3.76. The molecule has 0 aliphatic heterocycles. The summed E-state index contributed by atoms with van der Waals surface area (Å²) < 4.78 is 22.6. The molecule has 1 amide bonds. The van der Waals surface area contributed by atoms with Gasteiger partial charge in [0.25, 0.3) is 11.0 Å². The number of benzene rings is 1. The second-order valence-corrected chi connectivity index (χ2v) is 8.84. The monoisotopic (exact) mass is 467 g/mol. The number of carbonyl (C=O) groups excluding carboxylic acids is 2. The molecular formula is C18H22ClN7O4S. The molecule has 0 unspecified atom stereocenters. The first kappa shape index (κ1) is 24.0. The molecule has 0 bridgehead atoms. The van der Waals surface area contributed by atoms with Crippen molar-refractivity contribution in [3.8, 4) is 0 Å². The number of amides is 1. The predicted octanol–water partition coefficient (Wildman–Crippen LogP) is 0.547. The molecule has 0 aliphatic carbocycles. The number of anilines is 2. The fraction of sp³-hybridized carbons (Fsp3) is 0.278. The standard InChI is InChI=1S/C18H22ClN7O4S/c1-31(29,30)17(28)11-7-5-10(6-8-11)4-2-3-9-23-18(22)26-16(27)12-14(20)25-15(21)13(19)24-12/h5-8H,2-4,9H2,1H3,(H4,20,21,25)(H3,22,23,26,27). The van der Waals surface area contributed by atoms with Crippen molar-refractivity contribution in [1.29, 1.82) is 0 Å². The molecule has 11 nitrogen and oxygen atoms in total. The van der Waals surface area contributed by atoms with Crippen LogP contribution in [0.25, 0.3) is 0 Å². The third-order valence-electron chi connectivity index (χ3n) is 4.04. The summed E-state index contributed by atoms with van der Waals surface area (Å²) in [6, 6.07) is 6.39. The Morgan fingerprint density at radius 3 is 2.35 bits per heavy atom. The van der Waals surface area contributed by atoms with Gasteiger partial charge in [-0.3, -0.25) is 19.9 Å². The van der Waals surface area contributed by atoms with E-state index in [1.54, 1.807) is 12.1 Å². The van der Waals surface area contributed by atoms with Gasteiger partial charge in [0.15, 0.2) is 28.4 Å². The minimum absolute atomic E-state index is 0.0889. The Bertz CT molecular complexity index is 1120. The van der Waals surface area contributed by atoms with E-state index in [4.69, 9.17) is 28.8 Å². The highest BCUT2D eigenvalue weighted by molar-refractivity contribution is 8.06. The van der Waals surface area contributed by atoms with Gasteiger partial charge in [-0.05, 0) is 24.8 Å². The number of aryl methyl sites for hydroxylation is 1. The summed E-state index contributed by atoms with van der Waals surface area (Å²) in [4.78, 5) is 35.4. The molecule has 1 aromatic carbocycles. The number of nitrogen functional groups attached to an aromatic ring is 2. The molecule has 13 heteroatoms. The van der Waals surface area contributed by atoms with Crippen molar-refractivity contribution >= 4 is 50.1 Å². The number of sulfone groups is 1. The van der Waals surface area contributed by atoms with Gasteiger partial charge in [0.2, 0.25) is 9.84 Å². The SMILES string of the molecule is CS(=O)(=O)C(=O)c1ccc(CCCCN=C(N)NC(=O)c2nc(Cl)c(N)nc2N)cc1. The molecule has 0 aliphatic rings. The zero-order valence-electron chi connectivity index (χ0n) is 16.6. The van der Waals surface area contributed by atoms with Gasteiger partial charge in [-0.15, -0.1) is 0 Å². The molecule has 1 aromatic heterocycles. The lowest BCUT2D eigenvalue weighted by Crippen LogP contribution is -2.38. The number of carbonyl (C=O) groups is 2. The Kier molecular flexibility index (Phi) is 7.89. The first-order chi connectivity index (χ1) is 14.5. The largest absolute Gasteiger partial charge is 0.382 e. The first-order valence-electron chi connectivity index (χ1n) is 9.02.